The fourth-order valence-corrected chi connectivity index (χ4v) is 1.88. The van der Waals surface area contributed by atoms with Crippen molar-refractivity contribution in [3.8, 4) is 11.5 Å². The summed E-state index contributed by atoms with van der Waals surface area (Å²) < 4.78 is 10.2. The maximum Gasteiger partial charge on any atom is 0.141 e. The van der Waals surface area contributed by atoms with E-state index in [2.05, 4.69) is 0 Å². The van der Waals surface area contributed by atoms with Crippen LogP contribution in [0.25, 0.3) is 0 Å². The standard InChI is InChI=1S/C9H11ClO2S/c1-11-7-5-8(12-2)9(13-3)4-6(7)10/h4-5H,1-3H3. The monoisotopic (exact) mass is 218 g/mol. The quantitative estimate of drug-likeness (QED) is 0.727. The van der Waals surface area contributed by atoms with Crippen LogP contribution in [0.1, 0.15) is 0 Å². The number of benzene rings is 1. The minimum absolute atomic E-state index is 0.604. The lowest BCUT2D eigenvalue weighted by Crippen LogP contribution is -1.89. The Morgan fingerprint density at radius 1 is 1.15 bits per heavy atom. The molecule has 0 spiro atoms. The Morgan fingerprint density at radius 3 is 2.23 bits per heavy atom. The van der Waals surface area contributed by atoms with Gasteiger partial charge in [0.1, 0.15) is 11.5 Å². The van der Waals surface area contributed by atoms with E-state index in [0.717, 1.165) is 10.6 Å². The zero-order valence-electron chi connectivity index (χ0n) is 7.76. The molecule has 0 unspecified atom stereocenters. The zero-order valence-corrected chi connectivity index (χ0v) is 9.33. The first-order valence-electron chi connectivity index (χ1n) is 3.68. The van der Waals surface area contributed by atoms with Crippen molar-refractivity contribution in [1.29, 1.82) is 0 Å². The van der Waals surface area contributed by atoms with Gasteiger partial charge in [-0.2, -0.15) is 0 Å². The predicted octanol–water partition coefficient (Wildman–Crippen LogP) is 3.08. The molecule has 0 amide bonds. The third-order valence-electron chi connectivity index (χ3n) is 1.66. The van der Waals surface area contributed by atoms with Crippen LogP contribution in [0.15, 0.2) is 17.0 Å². The first-order chi connectivity index (χ1) is 6.22. The van der Waals surface area contributed by atoms with E-state index in [1.54, 1.807) is 32.0 Å². The van der Waals surface area contributed by atoms with Crippen molar-refractivity contribution in [3.05, 3.63) is 17.2 Å². The van der Waals surface area contributed by atoms with Gasteiger partial charge in [-0.3, -0.25) is 0 Å². The maximum absolute atomic E-state index is 5.94. The van der Waals surface area contributed by atoms with Gasteiger partial charge in [0, 0.05) is 6.07 Å². The van der Waals surface area contributed by atoms with E-state index in [0.29, 0.717) is 10.8 Å². The molecule has 0 saturated carbocycles. The molecular weight excluding hydrogens is 208 g/mol. The Balaban J connectivity index is 3.18. The second kappa shape index (κ2) is 4.63. The van der Waals surface area contributed by atoms with Crippen LogP contribution in [0, 0.1) is 0 Å². The van der Waals surface area contributed by atoms with Crippen LogP contribution in [0.2, 0.25) is 5.02 Å². The predicted molar refractivity (Wildman–Crippen MR) is 56.3 cm³/mol. The smallest absolute Gasteiger partial charge is 0.141 e. The molecule has 0 bridgehead atoms. The first-order valence-corrected chi connectivity index (χ1v) is 5.28. The van der Waals surface area contributed by atoms with Crippen LogP contribution in [0.3, 0.4) is 0 Å². The van der Waals surface area contributed by atoms with E-state index in [1.165, 1.54) is 0 Å². The lowest BCUT2D eigenvalue weighted by Gasteiger charge is -2.09. The summed E-state index contributed by atoms with van der Waals surface area (Å²) in [6.07, 6.45) is 1.97. The average Bonchev–Trinajstić information content (AvgIpc) is 2.17. The second-order valence-corrected chi connectivity index (χ2v) is 3.60. The molecule has 4 heteroatoms. The minimum Gasteiger partial charge on any atom is -0.495 e. The highest BCUT2D eigenvalue weighted by Gasteiger charge is 2.08. The van der Waals surface area contributed by atoms with Crippen LogP contribution in [-0.2, 0) is 0 Å². The molecule has 0 heterocycles. The van der Waals surface area contributed by atoms with E-state index in [9.17, 15) is 0 Å². The number of ether oxygens (including phenoxy) is 2. The second-order valence-electron chi connectivity index (χ2n) is 2.34. The molecule has 1 aromatic rings. The van der Waals surface area contributed by atoms with Gasteiger partial charge in [-0.25, -0.2) is 0 Å². The third kappa shape index (κ3) is 2.23. The van der Waals surface area contributed by atoms with E-state index in [-0.39, 0.29) is 0 Å². The van der Waals surface area contributed by atoms with Crippen LogP contribution >= 0.6 is 23.4 Å². The lowest BCUT2D eigenvalue weighted by molar-refractivity contribution is 0.387. The maximum atomic E-state index is 5.94. The van der Waals surface area contributed by atoms with Crippen molar-refractivity contribution < 1.29 is 9.47 Å². The van der Waals surface area contributed by atoms with Crippen molar-refractivity contribution >= 4 is 23.4 Å². The Hall–Kier alpha value is -0.540. The van der Waals surface area contributed by atoms with Crippen molar-refractivity contribution in [1.82, 2.24) is 0 Å². The van der Waals surface area contributed by atoms with Crippen LogP contribution < -0.4 is 9.47 Å². The molecule has 0 fully saturated rings. The van der Waals surface area contributed by atoms with Gasteiger partial charge in [-0.15, -0.1) is 11.8 Å². The van der Waals surface area contributed by atoms with Gasteiger partial charge in [0.2, 0.25) is 0 Å². The molecule has 1 rings (SSSR count). The fraction of sp³-hybridized carbons (Fsp3) is 0.333. The molecule has 0 saturated heterocycles. The van der Waals surface area contributed by atoms with Gasteiger partial charge in [-0.1, -0.05) is 11.6 Å². The van der Waals surface area contributed by atoms with Crippen molar-refractivity contribution in [2.75, 3.05) is 20.5 Å². The largest absolute Gasteiger partial charge is 0.495 e. The summed E-state index contributed by atoms with van der Waals surface area (Å²) in [6, 6.07) is 3.62. The highest BCUT2D eigenvalue weighted by molar-refractivity contribution is 7.98. The number of methoxy groups -OCH3 is 2. The molecule has 0 radical (unpaired) electrons. The number of hydrogen-bond donors (Lipinski definition) is 0. The van der Waals surface area contributed by atoms with E-state index >= 15 is 0 Å². The molecule has 13 heavy (non-hydrogen) atoms. The average molecular weight is 219 g/mol. The van der Waals surface area contributed by atoms with Gasteiger partial charge in [0.25, 0.3) is 0 Å². The molecule has 0 aliphatic rings. The van der Waals surface area contributed by atoms with Crippen LogP contribution in [0.4, 0.5) is 0 Å². The van der Waals surface area contributed by atoms with E-state index < -0.39 is 0 Å². The topological polar surface area (TPSA) is 18.5 Å². The Bertz CT molecular complexity index is 302. The molecule has 0 N–H and O–H groups in total. The van der Waals surface area contributed by atoms with Crippen molar-refractivity contribution in [2.45, 2.75) is 4.90 Å². The number of thioether (sulfide) groups is 1. The Morgan fingerprint density at radius 2 is 1.77 bits per heavy atom. The molecule has 72 valence electrons. The molecule has 0 atom stereocenters. The van der Waals surface area contributed by atoms with Gasteiger partial charge < -0.3 is 9.47 Å². The molecule has 0 aliphatic carbocycles. The third-order valence-corrected chi connectivity index (χ3v) is 2.71. The van der Waals surface area contributed by atoms with Gasteiger partial charge in [0.15, 0.2) is 0 Å². The summed E-state index contributed by atoms with van der Waals surface area (Å²) in [5, 5.41) is 0.604. The Labute approximate surface area is 87.2 Å². The summed E-state index contributed by atoms with van der Waals surface area (Å²) >= 11 is 7.53. The normalized spacial score (nSPS) is 9.85. The van der Waals surface area contributed by atoms with Gasteiger partial charge in [0.05, 0.1) is 24.1 Å². The summed E-state index contributed by atoms with van der Waals surface area (Å²) in [4.78, 5) is 1.01. The lowest BCUT2D eigenvalue weighted by atomic mass is 10.3. The van der Waals surface area contributed by atoms with Crippen molar-refractivity contribution in [3.63, 3.8) is 0 Å². The number of hydrogen-bond acceptors (Lipinski definition) is 3. The fourth-order valence-electron chi connectivity index (χ4n) is 0.992. The van der Waals surface area contributed by atoms with E-state index in [1.807, 2.05) is 12.3 Å². The van der Waals surface area contributed by atoms with E-state index in [4.69, 9.17) is 21.1 Å². The number of halogens is 1. The summed E-state index contributed by atoms with van der Waals surface area (Å²) in [5.74, 6) is 1.42. The van der Waals surface area contributed by atoms with Gasteiger partial charge in [-0.05, 0) is 12.3 Å². The van der Waals surface area contributed by atoms with Crippen LogP contribution in [0.5, 0.6) is 11.5 Å². The Kier molecular flexibility index (Phi) is 3.75. The summed E-state index contributed by atoms with van der Waals surface area (Å²) in [7, 11) is 3.21. The molecule has 0 aromatic heterocycles. The molecule has 2 nitrogen and oxygen atoms in total. The highest BCUT2D eigenvalue weighted by Crippen LogP contribution is 2.36. The SMILES string of the molecule is COc1cc(OC)c(SC)cc1Cl. The zero-order chi connectivity index (χ0) is 9.84. The van der Waals surface area contributed by atoms with Gasteiger partial charge >= 0.3 is 0 Å². The molecule has 1 aromatic carbocycles. The molecule has 0 aliphatic heterocycles. The molecular formula is C9H11ClO2S. The summed E-state index contributed by atoms with van der Waals surface area (Å²) in [5.41, 5.74) is 0. The minimum atomic E-state index is 0.604. The summed E-state index contributed by atoms with van der Waals surface area (Å²) in [6.45, 7) is 0. The highest BCUT2D eigenvalue weighted by atomic mass is 35.5. The van der Waals surface area contributed by atoms with Crippen molar-refractivity contribution in [2.24, 2.45) is 0 Å². The first kappa shape index (κ1) is 10.5. The number of rotatable bonds is 3. The van der Waals surface area contributed by atoms with Crippen LogP contribution in [-0.4, -0.2) is 20.5 Å².